The number of nitrogens with zero attached hydrogens (tertiary/aromatic N) is 1. The molecule has 1 heterocycles. The Morgan fingerprint density at radius 1 is 1.38 bits per heavy atom. The first kappa shape index (κ1) is 10.3. The molecule has 0 bridgehead atoms. The highest BCUT2D eigenvalue weighted by atomic mass is 32.2. The summed E-state index contributed by atoms with van der Waals surface area (Å²) < 4.78 is 11.1. The van der Waals surface area contributed by atoms with Gasteiger partial charge in [-0.15, -0.1) is 0 Å². The Labute approximate surface area is 81.1 Å². The number of hydrogen-bond donors (Lipinski definition) is 0. The summed E-state index contributed by atoms with van der Waals surface area (Å²) in [5.74, 6) is 3.46. The average Bonchev–Trinajstić information content (AvgIpc) is 2.03. The van der Waals surface area contributed by atoms with Crippen LogP contribution in [0.15, 0.2) is 23.4 Å². The van der Waals surface area contributed by atoms with E-state index in [1.54, 1.807) is 12.4 Å². The fraction of sp³-hybridized carbons (Fsp3) is 0.400. The quantitative estimate of drug-likeness (QED) is 0.509. The van der Waals surface area contributed by atoms with Crippen LogP contribution in [0.4, 0.5) is 0 Å². The lowest BCUT2D eigenvalue weighted by atomic mass is 9.88. The molecule has 3 heteroatoms. The van der Waals surface area contributed by atoms with Crippen LogP contribution >= 0.6 is 0 Å². The van der Waals surface area contributed by atoms with E-state index in [2.05, 4.69) is 31.6 Å². The summed E-state index contributed by atoms with van der Waals surface area (Å²) in [6, 6.07) is 1.90. The lowest BCUT2D eigenvalue weighted by molar-refractivity contribution is 0.583. The largest absolute Gasteiger partial charge is 0.457 e. The first-order chi connectivity index (χ1) is 5.91. The first-order valence-corrected chi connectivity index (χ1v) is 5.40. The van der Waals surface area contributed by atoms with Crippen molar-refractivity contribution < 1.29 is 4.21 Å². The van der Waals surface area contributed by atoms with Gasteiger partial charge in [0.2, 0.25) is 0 Å². The molecular formula is C10H14NOS-. The highest BCUT2D eigenvalue weighted by Crippen LogP contribution is 2.21. The molecule has 0 N–H and O–H groups in total. The highest BCUT2D eigenvalue weighted by molar-refractivity contribution is 7.82. The van der Waals surface area contributed by atoms with E-state index < -0.39 is 10.4 Å². The maximum absolute atomic E-state index is 11.1. The number of rotatable bonds is 1. The van der Waals surface area contributed by atoms with Crippen LogP contribution in [0.2, 0.25) is 0 Å². The minimum absolute atomic E-state index is 0.0440. The van der Waals surface area contributed by atoms with Gasteiger partial charge < -0.3 is 4.21 Å². The molecule has 0 aliphatic rings. The smallest absolute Gasteiger partial charge is 0.0303 e. The molecule has 1 rings (SSSR count). The summed E-state index contributed by atoms with van der Waals surface area (Å²) in [7, 11) is -1.19. The molecule has 2 nitrogen and oxygen atoms in total. The second-order valence-corrected chi connectivity index (χ2v) is 5.17. The van der Waals surface area contributed by atoms with E-state index in [0.717, 1.165) is 5.56 Å². The summed E-state index contributed by atoms with van der Waals surface area (Å²) in [4.78, 5) is 4.73. The molecule has 0 saturated carbocycles. The van der Waals surface area contributed by atoms with Gasteiger partial charge in [-0.2, -0.15) is 5.87 Å². The van der Waals surface area contributed by atoms with Crippen molar-refractivity contribution in [3.63, 3.8) is 0 Å². The molecule has 0 spiro atoms. The van der Waals surface area contributed by atoms with E-state index in [4.69, 9.17) is 0 Å². The van der Waals surface area contributed by atoms with Crippen LogP contribution in [-0.4, -0.2) is 10.9 Å². The molecule has 72 valence electrons. The van der Waals surface area contributed by atoms with Crippen molar-refractivity contribution in [2.24, 2.45) is 0 Å². The molecule has 0 amide bonds. The molecular weight excluding hydrogens is 182 g/mol. The van der Waals surface area contributed by atoms with Gasteiger partial charge in [-0.05, 0) is 11.0 Å². The summed E-state index contributed by atoms with van der Waals surface area (Å²) in [5.41, 5.74) is 1.13. The van der Waals surface area contributed by atoms with Crippen molar-refractivity contribution in [1.82, 2.24) is 4.98 Å². The van der Waals surface area contributed by atoms with Crippen LogP contribution in [0.3, 0.4) is 0 Å². The molecule has 0 saturated heterocycles. The lowest BCUT2D eigenvalue weighted by Crippen LogP contribution is -2.11. The highest BCUT2D eigenvalue weighted by Gasteiger charge is 2.12. The number of pyridine rings is 1. The maximum atomic E-state index is 11.1. The van der Waals surface area contributed by atoms with Gasteiger partial charge in [0.1, 0.15) is 0 Å². The van der Waals surface area contributed by atoms with Crippen LogP contribution in [0.1, 0.15) is 26.3 Å². The number of aromatic nitrogens is 1. The molecule has 1 aromatic heterocycles. The summed E-state index contributed by atoms with van der Waals surface area (Å²) in [5, 5.41) is 0. The van der Waals surface area contributed by atoms with Crippen molar-refractivity contribution in [3.05, 3.63) is 24.0 Å². The molecule has 0 unspecified atom stereocenters. The predicted molar refractivity (Wildman–Crippen MR) is 56.4 cm³/mol. The lowest BCUT2D eigenvalue weighted by Gasteiger charge is -2.19. The SMILES string of the molecule is C=[S-](=O)c1cncc(C(C)(C)C)c1. The molecule has 0 fully saturated rings. The minimum atomic E-state index is -1.19. The topological polar surface area (TPSA) is 30.0 Å². The zero-order valence-electron chi connectivity index (χ0n) is 8.20. The van der Waals surface area contributed by atoms with Crippen LogP contribution in [0.5, 0.6) is 0 Å². The zero-order chi connectivity index (χ0) is 10.1. The van der Waals surface area contributed by atoms with Crippen molar-refractivity contribution in [2.45, 2.75) is 31.1 Å². The summed E-state index contributed by atoms with van der Waals surface area (Å²) >= 11 is 0. The van der Waals surface area contributed by atoms with Gasteiger partial charge in [-0.1, -0.05) is 31.7 Å². The third kappa shape index (κ3) is 2.56. The van der Waals surface area contributed by atoms with Crippen molar-refractivity contribution in [2.75, 3.05) is 0 Å². The average molecular weight is 196 g/mol. The molecule has 1 aromatic rings. The Morgan fingerprint density at radius 3 is 2.46 bits per heavy atom. The summed E-state index contributed by atoms with van der Waals surface area (Å²) in [6.07, 6.45) is 3.40. The van der Waals surface area contributed by atoms with Crippen LogP contribution in [-0.2, 0) is 20.0 Å². The summed E-state index contributed by atoms with van der Waals surface area (Å²) in [6.45, 7) is 6.29. The Kier molecular flexibility index (Phi) is 2.76. The molecule has 0 aliphatic heterocycles. The maximum Gasteiger partial charge on any atom is 0.0303 e. The van der Waals surface area contributed by atoms with Crippen molar-refractivity contribution in [3.8, 4) is 0 Å². The minimum Gasteiger partial charge on any atom is -0.457 e. The Balaban J connectivity index is 3.21. The second kappa shape index (κ2) is 3.50. The van der Waals surface area contributed by atoms with E-state index in [1.165, 1.54) is 0 Å². The molecule has 0 atom stereocenters. The molecule has 13 heavy (non-hydrogen) atoms. The van der Waals surface area contributed by atoms with Gasteiger partial charge in [0.05, 0.1) is 0 Å². The molecule has 0 aliphatic carbocycles. The third-order valence-electron chi connectivity index (χ3n) is 1.84. The van der Waals surface area contributed by atoms with Crippen LogP contribution < -0.4 is 0 Å². The second-order valence-electron chi connectivity index (χ2n) is 4.00. The normalized spacial score (nSPS) is 12.0. The predicted octanol–water partition coefficient (Wildman–Crippen LogP) is 2.13. The first-order valence-electron chi connectivity index (χ1n) is 4.08. The van der Waals surface area contributed by atoms with Crippen molar-refractivity contribution >= 4 is 16.3 Å². The van der Waals surface area contributed by atoms with E-state index in [1.807, 2.05) is 6.07 Å². The van der Waals surface area contributed by atoms with Gasteiger partial charge in [-0.3, -0.25) is 4.98 Å². The van der Waals surface area contributed by atoms with E-state index in [-0.39, 0.29) is 5.41 Å². The monoisotopic (exact) mass is 196 g/mol. The van der Waals surface area contributed by atoms with Gasteiger partial charge in [0.25, 0.3) is 0 Å². The van der Waals surface area contributed by atoms with Gasteiger partial charge >= 0.3 is 0 Å². The number of hydrogen-bond acceptors (Lipinski definition) is 3. The fourth-order valence-electron chi connectivity index (χ4n) is 0.953. The Morgan fingerprint density at radius 2 is 2.00 bits per heavy atom. The van der Waals surface area contributed by atoms with E-state index in [9.17, 15) is 4.21 Å². The van der Waals surface area contributed by atoms with Gasteiger partial charge in [-0.25, -0.2) is 10.4 Å². The Bertz CT molecular complexity index is 367. The van der Waals surface area contributed by atoms with E-state index >= 15 is 0 Å². The van der Waals surface area contributed by atoms with Crippen LogP contribution in [0.25, 0.3) is 0 Å². The van der Waals surface area contributed by atoms with Crippen molar-refractivity contribution in [1.29, 1.82) is 0 Å². The van der Waals surface area contributed by atoms with Gasteiger partial charge in [0.15, 0.2) is 0 Å². The third-order valence-corrected chi connectivity index (χ3v) is 2.59. The zero-order valence-corrected chi connectivity index (χ0v) is 9.02. The van der Waals surface area contributed by atoms with Crippen LogP contribution in [0, 0.1) is 0 Å². The molecule has 0 aromatic carbocycles. The molecule has 0 radical (unpaired) electrons. The van der Waals surface area contributed by atoms with E-state index in [0.29, 0.717) is 4.90 Å². The Hall–Kier alpha value is -0.830. The van der Waals surface area contributed by atoms with Gasteiger partial charge in [0, 0.05) is 12.4 Å². The fourth-order valence-corrected chi connectivity index (χ4v) is 1.39. The standard InChI is InChI=1S/C10H14NOS/c1-10(2,3)8-5-9(13(4)12)7-11-6-8/h5-7H,4H2,1-3H3/q-1.